The van der Waals surface area contributed by atoms with Gasteiger partial charge in [0.05, 0.1) is 17.3 Å². The summed E-state index contributed by atoms with van der Waals surface area (Å²) in [5.74, 6) is 5.69. The van der Waals surface area contributed by atoms with Crippen LogP contribution in [0.3, 0.4) is 0 Å². The number of methoxy groups -OCH3 is 1. The van der Waals surface area contributed by atoms with Gasteiger partial charge in [0.2, 0.25) is 0 Å². The third kappa shape index (κ3) is 2.35. The van der Waals surface area contributed by atoms with Crippen LogP contribution in [0.25, 0.3) is 0 Å². The first-order valence-corrected chi connectivity index (χ1v) is 5.80. The monoisotopic (exact) mass is 240 g/mol. The maximum atomic E-state index is 5.72. The zero-order valence-corrected chi connectivity index (χ0v) is 10.3. The number of nitrogens with zero attached hydrogens (tertiary/aromatic N) is 2. The van der Waals surface area contributed by atoms with Crippen LogP contribution in [0.4, 0.5) is 0 Å². The topological polar surface area (TPSA) is 74.3 Å². The summed E-state index contributed by atoms with van der Waals surface area (Å²) >= 11 is 0. The van der Waals surface area contributed by atoms with Crippen LogP contribution < -0.4 is 11.3 Å². The van der Waals surface area contributed by atoms with Gasteiger partial charge in [-0.05, 0) is 6.07 Å². The number of aromatic nitrogens is 2. The van der Waals surface area contributed by atoms with Crippen LogP contribution in [0, 0.1) is 0 Å². The quantitative estimate of drug-likeness (QED) is 0.577. The van der Waals surface area contributed by atoms with Gasteiger partial charge in [0, 0.05) is 46.4 Å². The van der Waals surface area contributed by atoms with Crippen LogP contribution in [0.1, 0.15) is 24.6 Å². The molecular formula is C11H20N4O2. The molecule has 1 aromatic heterocycles. The number of rotatable bonds is 4. The molecular weight excluding hydrogens is 220 g/mol. The van der Waals surface area contributed by atoms with Gasteiger partial charge in [0.25, 0.3) is 0 Å². The smallest absolute Gasteiger partial charge is 0.0945 e. The minimum absolute atomic E-state index is 0.113. The Morgan fingerprint density at radius 2 is 2.29 bits per heavy atom. The average molecular weight is 240 g/mol. The molecule has 2 heterocycles. The number of hydrogen-bond donors (Lipinski definition) is 2. The predicted octanol–water partition coefficient (Wildman–Crippen LogP) is 0.120. The molecule has 0 amide bonds. The van der Waals surface area contributed by atoms with Crippen LogP contribution in [0.5, 0.6) is 0 Å². The van der Waals surface area contributed by atoms with Crippen molar-refractivity contribution >= 4 is 0 Å². The third-order valence-corrected chi connectivity index (χ3v) is 3.47. The van der Waals surface area contributed by atoms with Crippen LogP contribution in [0.15, 0.2) is 12.3 Å². The van der Waals surface area contributed by atoms with Gasteiger partial charge in [0.1, 0.15) is 0 Å². The molecule has 1 aromatic rings. The third-order valence-electron chi connectivity index (χ3n) is 3.47. The Bertz CT molecular complexity index is 360. The maximum Gasteiger partial charge on any atom is 0.0945 e. The number of hydrogen-bond acceptors (Lipinski definition) is 5. The minimum Gasteiger partial charge on any atom is -0.381 e. The second kappa shape index (κ2) is 5.14. The van der Waals surface area contributed by atoms with Gasteiger partial charge in [0.15, 0.2) is 0 Å². The van der Waals surface area contributed by atoms with E-state index in [1.165, 1.54) is 0 Å². The summed E-state index contributed by atoms with van der Waals surface area (Å²) in [5.41, 5.74) is 3.41. The molecule has 3 N–H and O–H groups in total. The number of ether oxygens (including phenoxy) is 2. The fraction of sp³-hybridized carbons (Fsp3) is 0.727. The van der Waals surface area contributed by atoms with Crippen molar-refractivity contribution in [1.29, 1.82) is 0 Å². The van der Waals surface area contributed by atoms with Gasteiger partial charge >= 0.3 is 0 Å². The van der Waals surface area contributed by atoms with Crippen LogP contribution in [-0.2, 0) is 16.5 Å². The Kier molecular flexibility index (Phi) is 3.78. The molecule has 17 heavy (non-hydrogen) atoms. The zero-order chi connectivity index (χ0) is 12.3. The Hall–Kier alpha value is -0.950. The van der Waals surface area contributed by atoms with E-state index in [1.807, 2.05) is 19.3 Å². The van der Waals surface area contributed by atoms with E-state index in [1.54, 1.807) is 11.8 Å². The molecule has 6 nitrogen and oxygen atoms in total. The summed E-state index contributed by atoms with van der Waals surface area (Å²) in [6.07, 6.45) is 3.53. The Morgan fingerprint density at radius 3 is 2.76 bits per heavy atom. The largest absolute Gasteiger partial charge is 0.381 e. The summed E-state index contributed by atoms with van der Waals surface area (Å²) in [4.78, 5) is 0. The van der Waals surface area contributed by atoms with E-state index in [2.05, 4.69) is 10.5 Å². The lowest BCUT2D eigenvalue weighted by Crippen LogP contribution is -2.51. The van der Waals surface area contributed by atoms with Crippen molar-refractivity contribution in [2.24, 2.45) is 12.9 Å². The van der Waals surface area contributed by atoms with Gasteiger partial charge in [-0.15, -0.1) is 0 Å². The molecule has 1 unspecified atom stereocenters. The van der Waals surface area contributed by atoms with Crippen molar-refractivity contribution in [3.05, 3.63) is 18.0 Å². The number of nitrogens with two attached hydrogens (primary N) is 1. The molecule has 96 valence electrons. The summed E-state index contributed by atoms with van der Waals surface area (Å²) < 4.78 is 12.9. The minimum atomic E-state index is -0.332. The van der Waals surface area contributed by atoms with Crippen molar-refractivity contribution in [3.63, 3.8) is 0 Å². The molecule has 2 rings (SSSR count). The first-order chi connectivity index (χ1) is 8.22. The fourth-order valence-electron chi connectivity index (χ4n) is 2.42. The van der Waals surface area contributed by atoms with Gasteiger partial charge in [-0.1, -0.05) is 0 Å². The number of nitrogens with one attached hydrogen (secondary N) is 1. The predicted molar refractivity (Wildman–Crippen MR) is 63.1 cm³/mol. The Balaban J connectivity index is 2.26. The van der Waals surface area contributed by atoms with Crippen LogP contribution in [0.2, 0.25) is 0 Å². The summed E-state index contributed by atoms with van der Waals surface area (Å²) in [6.45, 7) is 1.39. The van der Waals surface area contributed by atoms with E-state index in [9.17, 15) is 0 Å². The lowest BCUT2D eigenvalue weighted by molar-refractivity contribution is -0.112. The summed E-state index contributed by atoms with van der Waals surface area (Å²) in [5, 5.41) is 4.40. The van der Waals surface area contributed by atoms with Crippen molar-refractivity contribution in [3.8, 4) is 0 Å². The Labute approximate surface area is 101 Å². The standard InChI is InChI=1S/C11H20N4O2/c1-15-6-3-9(14-15)10(13-12)11(16-2)4-7-17-8-5-11/h3,6,10,13H,4-5,7-8,12H2,1-2H3. The average Bonchev–Trinajstić information content (AvgIpc) is 2.78. The van der Waals surface area contributed by atoms with Gasteiger partial charge in [-0.2, -0.15) is 5.10 Å². The summed E-state index contributed by atoms with van der Waals surface area (Å²) in [6, 6.07) is 1.85. The molecule has 0 radical (unpaired) electrons. The zero-order valence-electron chi connectivity index (χ0n) is 10.3. The molecule has 1 aliphatic heterocycles. The van der Waals surface area contributed by atoms with Crippen molar-refractivity contribution in [2.45, 2.75) is 24.5 Å². The van der Waals surface area contributed by atoms with E-state index in [-0.39, 0.29) is 11.6 Å². The first-order valence-electron chi connectivity index (χ1n) is 5.80. The van der Waals surface area contributed by atoms with Crippen LogP contribution >= 0.6 is 0 Å². The van der Waals surface area contributed by atoms with E-state index < -0.39 is 0 Å². The lowest BCUT2D eigenvalue weighted by Gasteiger charge is -2.41. The van der Waals surface area contributed by atoms with Gasteiger partial charge in [-0.25, -0.2) is 5.43 Å². The molecule has 1 atom stereocenters. The second-order valence-corrected chi connectivity index (χ2v) is 4.40. The normalized spacial score (nSPS) is 21.4. The summed E-state index contributed by atoms with van der Waals surface area (Å²) in [7, 11) is 3.61. The number of aryl methyl sites for hydroxylation is 1. The second-order valence-electron chi connectivity index (χ2n) is 4.40. The maximum absolute atomic E-state index is 5.72. The Morgan fingerprint density at radius 1 is 1.59 bits per heavy atom. The molecule has 0 aromatic carbocycles. The molecule has 0 spiro atoms. The van der Waals surface area contributed by atoms with Crippen LogP contribution in [-0.4, -0.2) is 35.7 Å². The van der Waals surface area contributed by atoms with E-state index in [0.717, 1.165) is 18.5 Å². The molecule has 6 heteroatoms. The van der Waals surface area contributed by atoms with Gasteiger partial charge < -0.3 is 9.47 Å². The van der Waals surface area contributed by atoms with E-state index in [0.29, 0.717) is 13.2 Å². The molecule has 0 saturated carbocycles. The van der Waals surface area contributed by atoms with E-state index >= 15 is 0 Å². The highest BCUT2D eigenvalue weighted by Crippen LogP contribution is 2.36. The first kappa shape index (κ1) is 12.5. The molecule has 0 bridgehead atoms. The SMILES string of the molecule is COC1(C(NN)c2ccn(C)n2)CCOCC1. The number of hydrazine groups is 1. The highest BCUT2D eigenvalue weighted by molar-refractivity contribution is 5.12. The molecule has 1 fully saturated rings. The van der Waals surface area contributed by atoms with Gasteiger partial charge in [-0.3, -0.25) is 10.5 Å². The highest BCUT2D eigenvalue weighted by Gasteiger charge is 2.42. The fourth-order valence-corrected chi connectivity index (χ4v) is 2.42. The van der Waals surface area contributed by atoms with Crippen molar-refractivity contribution < 1.29 is 9.47 Å². The molecule has 1 aliphatic rings. The van der Waals surface area contributed by atoms with E-state index in [4.69, 9.17) is 15.3 Å². The van der Waals surface area contributed by atoms with Crippen molar-refractivity contribution in [1.82, 2.24) is 15.2 Å². The molecule has 1 saturated heterocycles. The molecule has 0 aliphatic carbocycles. The highest BCUT2D eigenvalue weighted by atomic mass is 16.5. The lowest BCUT2D eigenvalue weighted by atomic mass is 9.84. The van der Waals surface area contributed by atoms with Crippen molar-refractivity contribution in [2.75, 3.05) is 20.3 Å².